The van der Waals surface area contributed by atoms with E-state index in [4.69, 9.17) is 11.6 Å². The lowest BCUT2D eigenvalue weighted by molar-refractivity contribution is -0.129. The largest absolute Gasteiger partial charge is 0.345 e. The molecule has 0 unspecified atom stereocenters. The van der Waals surface area contributed by atoms with E-state index in [-0.39, 0.29) is 11.6 Å². The van der Waals surface area contributed by atoms with E-state index in [1.807, 2.05) is 0 Å². The first-order chi connectivity index (χ1) is 9.91. The first-order valence-corrected chi connectivity index (χ1v) is 6.87. The molecule has 0 fully saturated rings. The lowest BCUT2D eigenvalue weighted by atomic mass is 10.0. The Balaban J connectivity index is 2.15. The Morgan fingerprint density at radius 3 is 2.81 bits per heavy atom. The van der Waals surface area contributed by atoms with Crippen LogP contribution < -0.4 is 0 Å². The molecule has 0 atom stereocenters. The lowest BCUT2D eigenvalue weighted by Crippen LogP contribution is -2.36. The summed E-state index contributed by atoms with van der Waals surface area (Å²) in [5.74, 6) is -2.17. The number of hydrogen-bond donors (Lipinski definition) is 0. The van der Waals surface area contributed by atoms with E-state index in [0.717, 1.165) is 11.3 Å². The summed E-state index contributed by atoms with van der Waals surface area (Å²) in [6.45, 7) is 3.67. The number of aryl methyl sites for hydroxylation is 1. The third-order valence-corrected chi connectivity index (χ3v) is 4.26. The Morgan fingerprint density at radius 2 is 2.14 bits per heavy atom. The van der Waals surface area contributed by atoms with Gasteiger partial charge in [-0.3, -0.25) is 4.79 Å². The Morgan fingerprint density at radius 1 is 1.43 bits per heavy atom. The molecule has 0 aliphatic carbocycles. The van der Waals surface area contributed by atoms with E-state index in [1.165, 1.54) is 11.0 Å². The van der Waals surface area contributed by atoms with Crippen LogP contribution in [0, 0.1) is 5.82 Å². The number of halogens is 3. The van der Waals surface area contributed by atoms with Gasteiger partial charge >= 0.3 is 0 Å². The van der Waals surface area contributed by atoms with E-state index in [1.54, 1.807) is 17.7 Å². The highest BCUT2D eigenvalue weighted by molar-refractivity contribution is 6.31. The summed E-state index contributed by atoms with van der Waals surface area (Å²) in [7, 11) is 1.77. The third-order valence-electron chi connectivity index (χ3n) is 3.97. The number of rotatable bonds is 1. The number of fused-ring (bicyclic) bond motifs is 3. The molecule has 1 amide bonds. The van der Waals surface area contributed by atoms with Crippen molar-refractivity contribution in [3.63, 3.8) is 0 Å². The van der Waals surface area contributed by atoms with Crippen molar-refractivity contribution in [1.82, 2.24) is 9.47 Å². The number of carbonyl (C=O) groups is 1. The number of carbonyl (C=O) groups excluding carboxylic acids is 1. The highest BCUT2D eigenvalue weighted by atomic mass is 35.5. The Bertz CT molecular complexity index is 782. The van der Waals surface area contributed by atoms with E-state index in [9.17, 15) is 13.6 Å². The minimum Gasteiger partial charge on any atom is -0.345 e. The minimum atomic E-state index is -0.979. The number of aromatic nitrogens is 1. The van der Waals surface area contributed by atoms with E-state index < -0.39 is 17.6 Å². The van der Waals surface area contributed by atoms with Gasteiger partial charge in [-0.15, -0.1) is 0 Å². The molecule has 1 aliphatic rings. The number of benzene rings is 1. The molecular formula is C15H13ClF2N2O. The fourth-order valence-corrected chi connectivity index (χ4v) is 3.11. The molecule has 0 N–H and O–H groups in total. The summed E-state index contributed by atoms with van der Waals surface area (Å²) in [5, 5.41) is 0.766. The molecular weight excluding hydrogens is 298 g/mol. The number of amides is 1. The Kier molecular flexibility index (Phi) is 3.24. The smallest absolute Gasteiger partial charge is 0.282 e. The SMILES string of the molecule is C=C(F)C(=O)N1CCc2c(c3ccc(Cl)c(F)c3n2C)C1. The van der Waals surface area contributed by atoms with E-state index in [2.05, 4.69) is 6.58 Å². The van der Waals surface area contributed by atoms with Gasteiger partial charge in [-0.25, -0.2) is 8.78 Å². The molecule has 0 bridgehead atoms. The zero-order valence-electron chi connectivity index (χ0n) is 11.4. The highest BCUT2D eigenvalue weighted by Gasteiger charge is 2.28. The van der Waals surface area contributed by atoms with Crippen LogP contribution in [0.4, 0.5) is 8.78 Å². The molecule has 3 nitrogen and oxygen atoms in total. The summed E-state index contributed by atoms with van der Waals surface area (Å²) < 4.78 is 29.0. The van der Waals surface area contributed by atoms with Crippen LogP contribution in [0.5, 0.6) is 0 Å². The maximum Gasteiger partial charge on any atom is 0.282 e. The maximum absolute atomic E-state index is 14.2. The van der Waals surface area contributed by atoms with Crippen LogP contribution in [-0.2, 0) is 24.8 Å². The molecule has 0 spiro atoms. The summed E-state index contributed by atoms with van der Waals surface area (Å²) in [6, 6.07) is 3.23. The average Bonchev–Trinajstić information content (AvgIpc) is 2.75. The molecule has 21 heavy (non-hydrogen) atoms. The Hall–Kier alpha value is -1.88. The quantitative estimate of drug-likeness (QED) is 0.742. The Labute approximate surface area is 125 Å². The van der Waals surface area contributed by atoms with Gasteiger partial charge in [0.25, 0.3) is 5.91 Å². The second-order valence-corrected chi connectivity index (χ2v) is 5.53. The van der Waals surface area contributed by atoms with Crippen molar-refractivity contribution >= 4 is 28.4 Å². The van der Waals surface area contributed by atoms with Gasteiger partial charge in [0.15, 0.2) is 11.6 Å². The fraction of sp³-hybridized carbons (Fsp3) is 0.267. The highest BCUT2D eigenvalue weighted by Crippen LogP contribution is 2.34. The van der Waals surface area contributed by atoms with Gasteiger partial charge in [0.05, 0.1) is 10.5 Å². The molecule has 1 aromatic carbocycles. The average molecular weight is 311 g/mol. The van der Waals surface area contributed by atoms with Gasteiger partial charge in [0, 0.05) is 43.2 Å². The zero-order chi connectivity index (χ0) is 15.3. The second kappa shape index (κ2) is 4.84. The first-order valence-electron chi connectivity index (χ1n) is 6.49. The fourth-order valence-electron chi connectivity index (χ4n) is 2.95. The van der Waals surface area contributed by atoms with Crippen molar-refractivity contribution in [2.45, 2.75) is 13.0 Å². The number of hydrogen-bond acceptors (Lipinski definition) is 1. The van der Waals surface area contributed by atoms with Crippen molar-refractivity contribution in [3.8, 4) is 0 Å². The van der Waals surface area contributed by atoms with Crippen LogP contribution in [0.3, 0.4) is 0 Å². The molecule has 110 valence electrons. The molecule has 0 radical (unpaired) electrons. The van der Waals surface area contributed by atoms with E-state index in [0.29, 0.717) is 23.9 Å². The van der Waals surface area contributed by atoms with Crippen LogP contribution in [0.25, 0.3) is 10.9 Å². The van der Waals surface area contributed by atoms with Crippen molar-refractivity contribution in [2.24, 2.45) is 7.05 Å². The van der Waals surface area contributed by atoms with E-state index >= 15 is 0 Å². The van der Waals surface area contributed by atoms with Crippen molar-refractivity contribution < 1.29 is 13.6 Å². The summed E-state index contributed by atoms with van der Waals surface area (Å²) in [6.07, 6.45) is 0.538. The molecule has 0 saturated heterocycles. The molecule has 0 saturated carbocycles. The predicted molar refractivity (Wildman–Crippen MR) is 77.3 cm³/mol. The third kappa shape index (κ3) is 2.03. The van der Waals surface area contributed by atoms with Crippen LogP contribution in [0.2, 0.25) is 5.02 Å². The van der Waals surface area contributed by atoms with Gasteiger partial charge in [0.1, 0.15) is 0 Å². The van der Waals surface area contributed by atoms with Gasteiger partial charge in [-0.1, -0.05) is 24.2 Å². The monoisotopic (exact) mass is 310 g/mol. The van der Waals surface area contributed by atoms with Crippen LogP contribution in [0.15, 0.2) is 24.5 Å². The summed E-state index contributed by atoms with van der Waals surface area (Å²) >= 11 is 5.83. The standard InChI is InChI=1S/C15H13ClF2N2O/c1-8(17)15(21)20-6-5-12-10(7-20)9-3-4-11(16)13(18)14(9)19(12)2/h3-4H,1,5-7H2,2H3. The molecule has 6 heteroatoms. The predicted octanol–water partition coefficient (Wildman–Crippen LogP) is 3.34. The van der Waals surface area contributed by atoms with Gasteiger partial charge < -0.3 is 9.47 Å². The molecule has 1 aliphatic heterocycles. The number of nitrogens with zero attached hydrogens (tertiary/aromatic N) is 2. The van der Waals surface area contributed by atoms with Gasteiger partial charge in [-0.05, 0) is 6.07 Å². The second-order valence-electron chi connectivity index (χ2n) is 5.12. The van der Waals surface area contributed by atoms with Gasteiger partial charge in [0.2, 0.25) is 0 Å². The zero-order valence-corrected chi connectivity index (χ0v) is 12.2. The van der Waals surface area contributed by atoms with Gasteiger partial charge in [-0.2, -0.15) is 0 Å². The molecule has 3 rings (SSSR count). The van der Waals surface area contributed by atoms with Crippen LogP contribution >= 0.6 is 11.6 Å². The van der Waals surface area contributed by atoms with Crippen LogP contribution in [-0.4, -0.2) is 21.9 Å². The van der Waals surface area contributed by atoms with Crippen molar-refractivity contribution in [2.75, 3.05) is 6.54 Å². The van der Waals surface area contributed by atoms with Crippen LogP contribution in [0.1, 0.15) is 11.3 Å². The topological polar surface area (TPSA) is 25.2 Å². The maximum atomic E-state index is 14.2. The normalized spacial score (nSPS) is 14.4. The summed E-state index contributed by atoms with van der Waals surface area (Å²) in [5.41, 5.74) is 2.20. The lowest BCUT2D eigenvalue weighted by Gasteiger charge is -2.27. The minimum absolute atomic E-state index is 0.0607. The molecule has 2 heterocycles. The van der Waals surface area contributed by atoms with Crippen molar-refractivity contribution in [1.29, 1.82) is 0 Å². The van der Waals surface area contributed by atoms with Crippen molar-refractivity contribution in [3.05, 3.63) is 46.6 Å². The first kappa shape index (κ1) is 14.1. The summed E-state index contributed by atoms with van der Waals surface area (Å²) in [4.78, 5) is 13.1. The molecule has 2 aromatic rings. The molecule has 1 aromatic heterocycles.